The molecule has 0 spiro atoms. The SMILES string of the molecule is [Cl][Hg][Cl].[O]=[Cr](=[O])([OH])[O][Cr](=[O])(=[O])[OH]. The van der Waals surface area contributed by atoms with Crippen molar-refractivity contribution in [3.63, 3.8) is 0 Å². The zero-order valence-electron chi connectivity index (χ0n) is 5.22. The Morgan fingerprint density at radius 1 is 1.00 bits per heavy atom. The molecule has 0 atom stereocenters. The molecule has 12 heavy (non-hydrogen) atoms. The van der Waals surface area contributed by atoms with Crippen molar-refractivity contribution in [2.45, 2.75) is 0 Å². The molecular weight excluding hydrogens is 487 g/mol. The van der Waals surface area contributed by atoms with Crippen LogP contribution in [-0.2, 0) is 67.4 Å². The molecule has 0 aromatic rings. The van der Waals surface area contributed by atoms with Gasteiger partial charge in [-0.25, -0.2) is 0 Å². The molecule has 0 aliphatic carbocycles. The first-order chi connectivity index (χ1) is 5.12. The minimum absolute atomic E-state index is 1.14. The summed E-state index contributed by atoms with van der Waals surface area (Å²) in [6.45, 7) is 0. The Balaban J connectivity index is 0. The summed E-state index contributed by atoms with van der Waals surface area (Å²) < 4.78 is 56.3. The fourth-order valence-electron chi connectivity index (χ4n) is 0.109. The van der Waals surface area contributed by atoms with E-state index in [0.717, 1.165) is 0 Å². The molecule has 0 saturated heterocycles. The van der Waals surface area contributed by atoms with Gasteiger partial charge >= 0.3 is 92.2 Å². The average Bonchev–Trinajstić information content (AvgIpc) is 1.53. The van der Waals surface area contributed by atoms with Crippen molar-refractivity contribution in [3.8, 4) is 0 Å². The Morgan fingerprint density at radius 2 is 1.17 bits per heavy atom. The predicted octanol–water partition coefficient (Wildman–Crippen LogP) is -0.286. The van der Waals surface area contributed by atoms with E-state index in [9.17, 15) is 15.2 Å². The fraction of sp³-hybridized carbons (Fsp3) is 0. The number of halogens is 2. The summed E-state index contributed by atoms with van der Waals surface area (Å²) in [5.41, 5.74) is 0. The van der Waals surface area contributed by atoms with Crippen molar-refractivity contribution >= 4 is 16.5 Å². The molecule has 0 rings (SSSR count). The standard InChI is InChI=1S/2ClH.2Cr.Hg.2H2O.5O/h2*1H;;;;2*1H2;;;;;/q;;2*+1;+2;;;;;;;/p-4. The second-order valence-corrected chi connectivity index (χ2v) is 12.7. The van der Waals surface area contributed by atoms with E-state index in [-0.39, 0.29) is 0 Å². The third-order valence-electron chi connectivity index (χ3n) is 0.172. The topological polar surface area (TPSA) is 118 Å². The van der Waals surface area contributed by atoms with Crippen LogP contribution in [0.15, 0.2) is 0 Å². The predicted molar refractivity (Wildman–Crippen MR) is 20.0 cm³/mol. The quantitative estimate of drug-likeness (QED) is 0.512. The number of rotatable bonds is 2. The average molecular weight is 489 g/mol. The maximum atomic E-state index is 9.53. The molecule has 0 radical (unpaired) electrons. The second kappa shape index (κ2) is 7.02. The van der Waals surface area contributed by atoms with Gasteiger partial charge in [-0.05, 0) is 0 Å². The van der Waals surface area contributed by atoms with Gasteiger partial charge in [0.05, 0.1) is 0 Å². The van der Waals surface area contributed by atoms with Crippen molar-refractivity contribution in [1.82, 2.24) is 0 Å². The molecule has 72 valence electrons. The van der Waals surface area contributed by atoms with Gasteiger partial charge in [-0.2, -0.15) is 0 Å². The van der Waals surface area contributed by atoms with Crippen LogP contribution >= 0.6 is 16.5 Å². The molecule has 2 N–H and O–H groups in total. The van der Waals surface area contributed by atoms with E-state index in [2.05, 4.69) is 2.84 Å². The summed E-state index contributed by atoms with van der Waals surface area (Å²) in [4.78, 5) is 0. The van der Waals surface area contributed by atoms with Gasteiger partial charge in [-0.15, -0.1) is 0 Å². The third-order valence-corrected chi connectivity index (χ3v) is 2.92. The first-order valence-corrected chi connectivity index (χ1v) is 19.7. The number of hydrogen-bond donors (Lipinski definition) is 2. The first kappa shape index (κ1) is 16.1. The van der Waals surface area contributed by atoms with E-state index in [1.165, 1.54) is 0 Å². The normalized spacial score (nSPS) is 11.0. The van der Waals surface area contributed by atoms with Gasteiger partial charge in [0.15, 0.2) is 0 Å². The van der Waals surface area contributed by atoms with Gasteiger partial charge in [0.2, 0.25) is 0 Å². The first-order valence-electron chi connectivity index (χ1n) is 1.90. The molecule has 0 fully saturated rings. The van der Waals surface area contributed by atoms with Crippen LogP contribution in [0.3, 0.4) is 0 Å². The van der Waals surface area contributed by atoms with E-state index < -0.39 is 49.3 Å². The van der Waals surface area contributed by atoms with E-state index in [4.69, 9.17) is 24.8 Å². The summed E-state index contributed by atoms with van der Waals surface area (Å²) in [6.07, 6.45) is 0. The monoisotopic (exact) mass is 490 g/mol. The molecule has 0 aliphatic rings. The van der Waals surface area contributed by atoms with Crippen LogP contribution in [0, 0.1) is 0 Å². The van der Waals surface area contributed by atoms with E-state index >= 15 is 0 Å². The molecule has 0 unspecified atom stereocenters. The third kappa shape index (κ3) is 22.6. The zero-order chi connectivity index (χ0) is 10.4. The summed E-state index contributed by atoms with van der Waals surface area (Å²) in [7, 11) is 9.97. The van der Waals surface area contributed by atoms with Gasteiger partial charge in [0.1, 0.15) is 0 Å². The van der Waals surface area contributed by atoms with Gasteiger partial charge in [-0.3, -0.25) is 0 Å². The summed E-state index contributed by atoms with van der Waals surface area (Å²) in [5.74, 6) is 0. The molecule has 12 heteroatoms. The molecule has 0 aliphatic heterocycles. The van der Waals surface area contributed by atoms with Gasteiger partial charge in [0.25, 0.3) is 0 Å². The van der Waals surface area contributed by atoms with Gasteiger partial charge in [0, 0.05) is 0 Å². The van der Waals surface area contributed by atoms with Crippen LogP contribution in [0.2, 0.25) is 0 Å². The Morgan fingerprint density at radius 3 is 1.17 bits per heavy atom. The molecule has 0 heterocycles. The van der Waals surface area contributed by atoms with Crippen LogP contribution in [0.4, 0.5) is 0 Å². The van der Waals surface area contributed by atoms with E-state index in [1.54, 1.807) is 0 Å². The van der Waals surface area contributed by atoms with Crippen molar-refractivity contribution in [2.75, 3.05) is 0 Å². The maximum absolute atomic E-state index is 9.53. The molecule has 0 amide bonds. The summed E-state index contributed by atoms with van der Waals surface area (Å²) in [5, 5.41) is 0. The van der Waals surface area contributed by atoms with Crippen LogP contribution in [0.1, 0.15) is 0 Å². The second-order valence-electron chi connectivity index (χ2n) is 1.02. The Bertz CT molecular complexity index is 257. The molecule has 0 aromatic carbocycles. The van der Waals surface area contributed by atoms with Crippen LogP contribution < -0.4 is 0 Å². The van der Waals surface area contributed by atoms with E-state index in [1.807, 2.05) is 0 Å². The van der Waals surface area contributed by atoms with Crippen LogP contribution in [0.25, 0.3) is 0 Å². The van der Waals surface area contributed by atoms with Crippen LogP contribution in [-0.4, -0.2) is 8.32 Å². The molecule has 0 bridgehead atoms. The molecule has 0 saturated carbocycles. The Hall–Kier alpha value is 1.66. The Kier molecular flexibility index (Phi) is 9.42. The Labute approximate surface area is 91.1 Å². The molecule has 7 nitrogen and oxygen atoms in total. The zero-order valence-corrected chi connectivity index (χ0v) is 14.8. The van der Waals surface area contributed by atoms with Crippen LogP contribution in [0.5, 0.6) is 0 Å². The van der Waals surface area contributed by atoms with Crippen molar-refractivity contribution in [1.29, 1.82) is 0 Å². The van der Waals surface area contributed by atoms with Crippen molar-refractivity contribution in [2.24, 2.45) is 0 Å². The van der Waals surface area contributed by atoms with E-state index in [0.29, 0.717) is 0 Å². The fourth-order valence-corrected chi connectivity index (χ4v) is 1.85. The minimum atomic E-state index is -5.76. The van der Waals surface area contributed by atoms with Crippen molar-refractivity contribution in [3.05, 3.63) is 0 Å². The van der Waals surface area contributed by atoms with Crippen molar-refractivity contribution < 1.29 is 75.7 Å². The van der Waals surface area contributed by atoms with Gasteiger partial charge in [-0.1, -0.05) is 0 Å². The summed E-state index contributed by atoms with van der Waals surface area (Å²) >= 11 is -12.7. The number of hydrogen-bond acceptors (Lipinski definition) is 5. The molecule has 0 aromatic heterocycles. The van der Waals surface area contributed by atoms with Gasteiger partial charge < -0.3 is 0 Å². The molecular formula is H2Cl2Cr2HgO7. The summed E-state index contributed by atoms with van der Waals surface area (Å²) in [6, 6.07) is 0.